The molecule has 7 nitrogen and oxygen atoms in total. The molecule has 0 bridgehead atoms. The molecule has 1 fully saturated rings. The van der Waals surface area contributed by atoms with Crippen LogP contribution in [0.2, 0.25) is 0 Å². The van der Waals surface area contributed by atoms with Crippen LogP contribution in [0, 0.1) is 0 Å². The van der Waals surface area contributed by atoms with E-state index < -0.39 is 20.5 Å². The van der Waals surface area contributed by atoms with Crippen molar-refractivity contribution in [1.29, 1.82) is 0 Å². The quantitative estimate of drug-likeness (QED) is 0.782. The molecule has 2 amide bonds. The van der Waals surface area contributed by atoms with E-state index in [0.717, 1.165) is 12.1 Å². The van der Waals surface area contributed by atoms with Crippen LogP contribution in [0.5, 0.6) is 0 Å². The zero-order valence-electron chi connectivity index (χ0n) is 16.1. The monoisotopic (exact) mass is 417 g/mol. The van der Waals surface area contributed by atoms with Gasteiger partial charge in [-0.3, -0.25) is 14.5 Å². The van der Waals surface area contributed by atoms with Crippen molar-refractivity contribution in [2.75, 3.05) is 32.7 Å². The lowest BCUT2D eigenvalue weighted by Crippen LogP contribution is -2.52. The first-order valence-electron chi connectivity index (χ1n) is 8.85. The fourth-order valence-corrected chi connectivity index (χ4v) is 3.56. The molecular weight excluding hydrogens is 392 g/mol. The van der Waals surface area contributed by atoms with E-state index in [1.54, 1.807) is 4.90 Å². The molecule has 1 aliphatic heterocycles. The van der Waals surface area contributed by atoms with E-state index in [4.69, 9.17) is 0 Å². The first-order valence-corrected chi connectivity index (χ1v) is 10.4. The number of carbonyl (C=O) groups excluding carboxylic acids is 2. The Morgan fingerprint density at radius 2 is 1.61 bits per heavy atom. The number of carbonyl (C=O) groups is 2. The van der Waals surface area contributed by atoms with Crippen molar-refractivity contribution in [2.24, 2.45) is 0 Å². The van der Waals surface area contributed by atoms with Gasteiger partial charge in [0, 0.05) is 37.3 Å². The van der Waals surface area contributed by atoms with Gasteiger partial charge in [0.05, 0.1) is 11.4 Å². The van der Waals surface area contributed by atoms with Crippen LogP contribution < -0.4 is 5.32 Å². The van der Waals surface area contributed by atoms with Crippen molar-refractivity contribution in [1.82, 2.24) is 15.1 Å². The minimum atomic E-state index is -4.68. The molecule has 2 rings (SSSR count). The summed E-state index contributed by atoms with van der Waals surface area (Å²) in [5.74, 6) is -3.89. The van der Waals surface area contributed by atoms with Gasteiger partial charge >= 0.3 is 5.76 Å². The minimum absolute atomic E-state index is 0.0805. The first-order chi connectivity index (χ1) is 12.9. The lowest BCUT2D eigenvalue weighted by molar-refractivity contribution is -0.124. The van der Waals surface area contributed by atoms with E-state index in [1.165, 1.54) is 12.1 Å². The third kappa shape index (κ3) is 5.71. The summed E-state index contributed by atoms with van der Waals surface area (Å²) in [5, 5.41) is 2.89. The molecule has 0 atom stereocenters. The van der Waals surface area contributed by atoms with Gasteiger partial charge in [-0.1, -0.05) is 0 Å². The second-order valence-electron chi connectivity index (χ2n) is 7.70. The van der Waals surface area contributed by atoms with E-state index in [0.29, 0.717) is 26.2 Å². The van der Waals surface area contributed by atoms with E-state index in [9.17, 15) is 26.8 Å². The molecule has 0 unspecified atom stereocenters. The number of amides is 2. The van der Waals surface area contributed by atoms with Crippen molar-refractivity contribution in [3.05, 3.63) is 29.8 Å². The van der Waals surface area contributed by atoms with Crippen molar-refractivity contribution in [3.8, 4) is 0 Å². The number of hydrogen-bond acceptors (Lipinski definition) is 5. The number of sulfone groups is 1. The van der Waals surface area contributed by atoms with Gasteiger partial charge in [-0.05, 0) is 45.0 Å². The van der Waals surface area contributed by atoms with E-state index in [2.05, 4.69) is 5.32 Å². The van der Waals surface area contributed by atoms with E-state index >= 15 is 0 Å². The second kappa shape index (κ2) is 8.52. The van der Waals surface area contributed by atoms with Crippen LogP contribution in [-0.2, 0) is 14.6 Å². The van der Waals surface area contributed by atoms with Crippen LogP contribution in [-0.4, -0.2) is 74.1 Å². The maximum absolute atomic E-state index is 12.6. The number of nitrogens with zero attached hydrogens (tertiary/aromatic N) is 2. The highest BCUT2D eigenvalue weighted by atomic mass is 32.2. The topological polar surface area (TPSA) is 86.8 Å². The molecule has 0 radical (unpaired) electrons. The Morgan fingerprint density at radius 3 is 2.07 bits per heavy atom. The lowest BCUT2D eigenvalue weighted by atomic mass is 10.1. The molecule has 0 spiro atoms. The normalized spacial score (nSPS) is 16.3. The molecule has 0 aromatic heterocycles. The summed E-state index contributed by atoms with van der Waals surface area (Å²) in [5.41, 5.74) is -0.0779. The van der Waals surface area contributed by atoms with Crippen LogP contribution >= 0.6 is 0 Å². The summed E-state index contributed by atoms with van der Waals surface area (Å²) >= 11 is 0. The predicted octanol–water partition coefficient (Wildman–Crippen LogP) is 1.36. The molecule has 156 valence electrons. The number of hydrogen-bond donors (Lipinski definition) is 1. The molecule has 28 heavy (non-hydrogen) atoms. The molecule has 1 aromatic carbocycles. The number of benzene rings is 1. The molecule has 1 heterocycles. The first kappa shape index (κ1) is 22.2. The molecule has 1 aliphatic rings. The van der Waals surface area contributed by atoms with Crippen molar-refractivity contribution in [2.45, 2.75) is 37.0 Å². The Balaban J connectivity index is 1.92. The van der Waals surface area contributed by atoms with Crippen molar-refractivity contribution in [3.63, 3.8) is 0 Å². The number of nitrogens with one attached hydrogen (secondary N) is 1. The molecule has 1 saturated heterocycles. The van der Waals surface area contributed by atoms with Gasteiger partial charge in [-0.2, -0.15) is 8.78 Å². The average Bonchev–Trinajstić information content (AvgIpc) is 2.60. The molecule has 1 N–H and O–H groups in total. The highest BCUT2D eigenvalue weighted by Crippen LogP contribution is 2.19. The molecule has 0 aliphatic carbocycles. The summed E-state index contributed by atoms with van der Waals surface area (Å²) in [4.78, 5) is 27.6. The summed E-state index contributed by atoms with van der Waals surface area (Å²) < 4.78 is 48.0. The zero-order chi connectivity index (χ0) is 21.1. The third-order valence-corrected chi connectivity index (χ3v) is 5.60. The van der Waals surface area contributed by atoms with Crippen LogP contribution in [0.1, 0.15) is 31.1 Å². The smallest absolute Gasteiger partial charge is 0.341 e. The number of alkyl halides is 2. The second-order valence-corrected chi connectivity index (χ2v) is 9.61. The Kier molecular flexibility index (Phi) is 6.76. The maximum Gasteiger partial charge on any atom is 0.341 e. The minimum Gasteiger partial charge on any atom is -0.350 e. The highest BCUT2D eigenvalue weighted by Gasteiger charge is 2.28. The fourth-order valence-electron chi connectivity index (χ4n) is 2.84. The lowest BCUT2D eigenvalue weighted by Gasteiger charge is -2.35. The van der Waals surface area contributed by atoms with Gasteiger partial charge in [-0.15, -0.1) is 0 Å². The summed E-state index contributed by atoms with van der Waals surface area (Å²) in [7, 11) is -4.68. The van der Waals surface area contributed by atoms with Gasteiger partial charge in [-0.25, -0.2) is 8.42 Å². The summed E-state index contributed by atoms with van der Waals surface area (Å²) in [6, 6.07) is 4.51. The molecule has 0 saturated carbocycles. The zero-order valence-corrected chi connectivity index (χ0v) is 16.9. The Bertz CT molecular complexity index is 812. The van der Waals surface area contributed by atoms with Crippen molar-refractivity contribution < 1.29 is 26.8 Å². The van der Waals surface area contributed by atoms with Gasteiger partial charge in [0.15, 0.2) is 0 Å². The summed E-state index contributed by atoms with van der Waals surface area (Å²) in [6.07, 6.45) is 0. The molecular formula is C18H25F2N3O4S. The van der Waals surface area contributed by atoms with Gasteiger partial charge in [0.25, 0.3) is 5.91 Å². The van der Waals surface area contributed by atoms with Crippen LogP contribution in [0.3, 0.4) is 0 Å². The third-order valence-electron chi connectivity index (χ3n) is 4.21. The largest absolute Gasteiger partial charge is 0.350 e. The van der Waals surface area contributed by atoms with Gasteiger partial charge in [0.1, 0.15) is 0 Å². The Labute approximate surface area is 163 Å². The van der Waals surface area contributed by atoms with Crippen LogP contribution in [0.25, 0.3) is 0 Å². The number of rotatable bonds is 5. The standard InChI is InChI=1S/C18H25F2N3O4S/c1-18(2,3)21-15(24)12-22-8-10-23(11-9-22)16(25)13-4-6-14(7-5-13)28(26,27)17(19)20/h4-7,17H,8-12H2,1-3H3,(H,21,24). The van der Waals surface area contributed by atoms with Crippen LogP contribution in [0.15, 0.2) is 29.2 Å². The van der Waals surface area contributed by atoms with Gasteiger partial charge < -0.3 is 10.2 Å². The SMILES string of the molecule is CC(C)(C)NC(=O)CN1CCN(C(=O)c2ccc(S(=O)(=O)C(F)F)cc2)CC1. The number of halogens is 2. The Hall–Kier alpha value is -2.07. The van der Waals surface area contributed by atoms with Crippen LogP contribution in [0.4, 0.5) is 8.78 Å². The van der Waals surface area contributed by atoms with Crippen molar-refractivity contribution >= 4 is 21.7 Å². The predicted molar refractivity (Wildman–Crippen MR) is 99.9 cm³/mol. The summed E-state index contributed by atoms with van der Waals surface area (Å²) in [6.45, 7) is 7.84. The Morgan fingerprint density at radius 1 is 1.07 bits per heavy atom. The fraction of sp³-hybridized carbons (Fsp3) is 0.556. The number of piperazine rings is 1. The maximum atomic E-state index is 12.6. The molecule has 10 heteroatoms. The van der Waals surface area contributed by atoms with E-state index in [-0.39, 0.29) is 29.5 Å². The van der Waals surface area contributed by atoms with Gasteiger partial charge in [0.2, 0.25) is 15.7 Å². The molecule has 1 aromatic rings. The highest BCUT2D eigenvalue weighted by molar-refractivity contribution is 7.91. The average molecular weight is 417 g/mol. The van der Waals surface area contributed by atoms with E-state index in [1.807, 2.05) is 25.7 Å².